The number of benzene rings is 1. The summed E-state index contributed by atoms with van der Waals surface area (Å²) in [6, 6.07) is 11.7. The molecule has 0 aliphatic carbocycles. The molecule has 0 saturated carbocycles. The number of morpholine rings is 1. The molecule has 8 heteroatoms. The number of nitrogens with zero attached hydrogens (tertiary/aromatic N) is 2. The van der Waals surface area contributed by atoms with Gasteiger partial charge in [0.25, 0.3) is 0 Å². The number of aromatic nitrogens is 1. The third-order valence-corrected chi connectivity index (χ3v) is 4.54. The molecule has 1 aromatic heterocycles. The van der Waals surface area contributed by atoms with Gasteiger partial charge in [-0.3, -0.25) is 4.79 Å². The molecule has 6 nitrogen and oxygen atoms in total. The first-order valence-electron chi connectivity index (χ1n) is 9.03. The number of pyridine rings is 1. The number of hydrogen-bond acceptors (Lipinski definition) is 5. The number of amides is 1. The second-order valence-corrected chi connectivity index (χ2v) is 6.63. The summed E-state index contributed by atoms with van der Waals surface area (Å²) in [5, 5.41) is 2.94. The van der Waals surface area contributed by atoms with Crippen molar-refractivity contribution in [3.8, 4) is 0 Å². The third kappa shape index (κ3) is 6.86. The minimum atomic E-state index is 0. The van der Waals surface area contributed by atoms with Crippen LogP contribution in [0.3, 0.4) is 0 Å². The number of nitrogens with one attached hydrogen (secondary N) is 1. The number of nitrogens with two attached hydrogens (primary N) is 1. The van der Waals surface area contributed by atoms with Crippen LogP contribution < -0.4 is 16.0 Å². The smallest absolute Gasteiger partial charge is 0.220 e. The van der Waals surface area contributed by atoms with Gasteiger partial charge in [0.15, 0.2) is 0 Å². The van der Waals surface area contributed by atoms with Gasteiger partial charge in [-0.1, -0.05) is 24.3 Å². The van der Waals surface area contributed by atoms with Crippen molar-refractivity contribution in [1.29, 1.82) is 0 Å². The van der Waals surface area contributed by atoms with E-state index in [2.05, 4.69) is 22.1 Å². The molecule has 1 unspecified atom stereocenters. The van der Waals surface area contributed by atoms with E-state index in [9.17, 15) is 4.79 Å². The minimum absolute atomic E-state index is 0. The van der Waals surface area contributed by atoms with Crippen molar-refractivity contribution in [3.63, 3.8) is 0 Å². The molecule has 28 heavy (non-hydrogen) atoms. The Hall–Kier alpha value is -2.02. The summed E-state index contributed by atoms with van der Waals surface area (Å²) < 4.78 is 5.56. The van der Waals surface area contributed by atoms with Gasteiger partial charge in [0.2, 0.25) is 5.91 Å². The monoisotopic (exact) mass is 426 g/mol. The molecule has 1 atom stereocenters. The second kappa shape index (κ2) is 11.7. The highest BCUT2D eigenvalue weighted by Crippen LogP contribution is 2.16. The highest BCUT2D eigenvalue weighted by atomic mass is 35.5. The summed E-state index contributed by atoms with van der Waals surface area (Å²) in [6.45, 7) is 4.99. The number of rotatable bonds is 6. The molecular formula is C20H28Cl2N4O2. The molecule has 1 aromatic carbocycles. The quantitative estimate of drug-likeness (QED) is 0.693. The molecular weight excluding hydrogens is 399 g/mol. The van der Waals surface area contributed by atoms with Gasteiger partial charge in [0, 0.05) is 37.9 Å². The maximum absolute atomic E-state index is 12.1. The van der Waals surface area contributed by atoms with Crippen LogP contribution in [0.25, 0.3) is 0 Å². The van der Waals surface area contributed by atoms with Gasteiger partial charge >= 0.3 is 0 Å². The molecule has 2 heterocycles. The summed E-state index contributed by atoms with van der Waals surface area (Å²) in [5.74, 6) is 0.967. The van der Waals surface area contributed by atoms with Crippen LogP contribution in [-0.2, 0) is 22.5 Å². The number of carbonyl (C=O) groups excluding carboxylic acids is 1. The lowest BCUT2D eigenvalue weighted by Crippen LogP contribution is -2.41. The maximum atomic E-state index is 12.1. The number of carbonyl (C=O) groups is 1. The fourth-order valence-electron chi connectivity index (χ4n) is 3.03. The Labute approximate surface area is 178 Å². The number of aryl methyl sites for hydroxylation is 1. The predicted octanol–water partition coefficient (Wildman–Crippen LogP) is 2.98. The van der Waals surface area contributed by atoms with Crippen molar-refractivity contribution in [2.45, 2.75) is 32.4 Å². The Morgan fingerprint density at radius 2 is 2.07 bits per heavy atom. The zero-order valence-corrected chi connectivity index (χ0v) is 17.6. The van der Waals surface area contributed by atoms with Crippen molar-refractivity contribution >= 4 is 42.2 Å². The number of para-hydroxylation sites is 1. The molecule has 154 valence electrons. The Balaban J connectivity index is 0.00000196. The molecule has 1 aliphatic heterocycles. The molecule has 3 N–H and O–H groups in total. The molecule has 1 amide bonds. The SMILES string of the molecule is CC1CN(c2ccc(CNC(=O)CCc3ccccc3N)cn2)CCO1.Cl.Cl. The molecule has 2 aromatic rings. The molecule has 1 fully saturated rings. The summed E-state index contributed by atoms with van der Waals surface area (Å²) in [5.41, 5.74) is 8.63. The lowest BCUT2D eigenvalue weighted by Gasteiger charge is -2.32. The number of nitrogen functional groups attached to an aromatic ring is 1. The van der Waals surface area contributed by atoms with Crippen LogP contribution in [-0.4, -0.2) is 36.7 Å². The first-order chi connectivity index (χ1) is 12.6. The van der Waals surface area contributed by atoms with Gasteiger partial charge < -0.3 is 20.7 Å². The largest absolute Gasteiger partial charge is 0.399 e. The average Bonchev–Trinajstić information content (AvgIpc) is 2.66. The lowest BCUT2D eigenvalue weighted by molar-refractivity contribution is -0.121. The van der Waals surface area contributed by atoms with Crippen molar-refractivity contribution in [3.05, 3.63) is 53.7 Å². The van der Waals surface area contributed by atoms with E-state index in [0.29, 0.717) is 19.4 Å². The normalized spacial score (nSPS) is 15.9. The van der Waals surface area contributed by atoms with Crippen LogP contribution in [0.2, 0.25) is 0 Å². The van der Waals surface area contributed by atoms with Crippen LogP contribution in [0.5, 0.6) is 0 Å². The Bertz CT molecular complexity index is 743. The zero-order chi connectivity index (χ0) is 18.4. The number of halogens is 2. The Kier molecular flexibility index (Phi) is 10.1. The number of ether oxygens (including phenoxy) is 1. The van der Waals surface area contributed by atoms with Crippen LogP contribution in [0.15, 0.2) is 42.6 Å². The highest BCUT2D eigenvalue weighted by Gasteiger charge is 2.17. The van der Waals surface area contributed by atoms with E-state index in [4.69, 9.17) is 10.5 Å². The van der Waals surface area contributed by atoms with Gasteiger partial charge in [0.1, 0.15) is 5.82 Å². The van der Waals surface area contributed by atoms with Crippen molar-refractivity contribution in [2.24, 2.45) is 0 Å². The zero-order valence-electron chi connectivity index (χ0n) is 16.0. The van der Waals surface area contributed by atoms with E-state index in [1.807, 2.05) is 42.6 Å². The van der Waals surface area contributed by atoms with E-state index in [0.717, 1.165) is 42.3 Å². The molecule has 1 saturated heterocycles. The second-order valence-electron chi connectivity index (χ2n) is 6.63. The summed E-state index contributed by atoms with van der Waals surface area (Å²) in [7, 11) is 0. The van der Waals surface area contributed by atoms with Crippen LogP contribution >= 0.6 is 24.8 Å². The number of anilines is 2. The van der Waals surface area contributed by atoms with Crippen molar-refractivity contribution in [2.75, 3.05) is 30.3 Å². The Morgan fingerprint density at radius 1 is 1.29 bits per heavy atom. The molecule has 0 radical (unpaired) electrons. The molecule has 1 aliphatic rings. The molecule has 0 spiro atoms. The molecule has 3 rings (SSSR count). The minimum Gasteiger partial charge on any atom is -0.399 e. The van der Waals surface area contributed by atoms with E-state index in [-0.39, 0.29) is 36.8 Å². The van der Waals surface area contributed by atoms with E-state index in [1.54, 1.807) is 0 Å². The summed E-state index contributed by atoms with van der Waals surface area (Å²) in [6.07, 6.45) is 3.12. The topological polar surface area (TPSA) is 80.5 Å². The van der Waals surface area contributed by atoms with E-state index >= 15 is 0 Å². The fraction of sp³-hybridized carbons (Fsp3) is 0.400. The third-order valence-electron chi connectivity index (χ3n) is 4.54. The van der Waals surface area contributed by atoms with Crippen LogP contribution in [0.4, 0.5) is 11.5 Å². The van der Waals surface area contributed by atoms with Gasteiger partial charge in [-0.15, -0.1) is 24.8 Å². The van der Waals surface area contributed by atoms with Crippen LogP contribution in [0.1, 0.15) is 24.5 Å². The fourth-order valence-corrected chi connectivity index (χ4v) is 3.03. The van der Waals surface area contributed by atoms with Gasteiger partial charge in [-0.25, -0.2) is 4.98 Å². The molecule has 0 bridgehead atoms. The first kappa shape index (κ1) is 24.0. The summed E-state index contributed by atoms with van der Waals surface area (Å²) >= 11 is 0. The summed E-state index contributed by atoms with van der Waals surface area (Å²) in [4.78, 5) is 18.8. The van der Waals surface area contributed by atoms with Gasteiger partial charge in [0.05, 0.1) is 12.7 Å². The predicted molar refractivity (Wildman–Crippen MR) is 117 cm³/mol. The Morgan fingerprint density at radius 3 is 2.75 bits per heavy atom. The van der Waals surface area contributed by atoms with Crippen molar-refractivity contribution < 1.29 is 9.53 Å². The van der Waals surface area contributed by atoms with E-state index < -0.39 is 0 Å². The highest BCUT2D eigenvalue weighted by molar-refractivity contribution is 5.85. The van der Waals surface area contributed by atoms with E-state index in [1.165, 1.54) is 0 Å². The maximum Gasteiger partial charge on any atom is 0.220 e. The van der Waals surface area contributed by atoms with Gasteiger partial charge in [-0.05, 0) is 36.6 Å². The van der Waals surface area contributed by atoms with Crippen LogP contribution in [0, 0.1) is 0 Å². The average molecular weight is 427 g/mol. The number of hydrogen-bond donors (Lipinski definition) is 2. The lowest BCUT2D eigenvalue weighted by atomic mass is 10.1. The van der Waals surface area contributed by atoms with Crippen molar-refractivity contribution in [1.82, 2.24) is 10.3 Å². The van der Waals surface area contributed by atoms with Gasteiger partial charge in [-0.2, -0.15) is 0 Å². The first-order valence-corrected chi connectivity index (χ1v) is 9.03. The standard InChI is InChI=1S/C20H26N4O2.2ClH/c1-15-14-24(10-11-26-15)19-8-6-16(12-22-19)13-23-20(25)9-7-17-4-2-3-5-18(17)21;;/h2-6,8,12,15H,7,9-11,13-14,21H2,1H3,(H,23,25);2*1H.